The van der Waals surface area contributed by atoms with Crippen LogP contribution in [-0.2, 0) is 14.3 Å². The number of rotatable bonds is 6. The summed E-state index contributed by atoms with van der Waals surface area (Å²) >= 11 is 6.69. The maximum Gasteiger partial charge on any atom is 0.344 e. The number of benzene rings is 1. The first-order chi connectivity index (χ1) is 12.0. The van der Waals surface area contributed by atoms with Gasteiger partial charge in [0.2, 0.25) is 0 Å². The van der Waals surface area contributed by atoms with Gasteiger partial charge in [-0.05, 0) is 50.9 Å². The molecule has 0 atom stereocenters. The Kier molecular flexibility index (Phi) is 7.03. The molecule has 25 heavy (non-hydrogen) atoms. The number of carbonyl (C=O) groups is 1. The van der Waals surface area contributed by atoms with Crippen LogP contribution < -0.4 is 5.48 Å². The van der Waals surface area contributed by atoms with Crippen LogP contribution >= 0.6 is 31.9 Å². The minimum absolute atomic E-state index is 0.264. The molecule has 9 heteroatoms. The molecule has 2 rings (SSSR count). The van der Waals surface area contributed by atoms with Crippen LogP contribution in [0.25, 0.3) is 0 Å². The summed E-state index contributed by atoms with van der Waals surface area (Å²) in [5.74, 6) is -0.160. The standard InChI is InChI=1S/C16H17Br2N2O5/c1-2-24-16(21)9-25-15-6-4-3-5-13(15)20(23)14-8-11(18)10(17)7-12(14)19-22/h3-4,6-8,19,22-23H,2,5,9H2,1H3/q+1/b20-13-. The molecule has 0 saturated carbocycles. The fourth-order valence-electron chi connectivity index (χ4n) is 2.14. The number of hydrogen-bond donors (Lipinski definition) is 3. The summed E-state index contributed by atoms with van der Waals surface area (Å²) in [5, 5.41) is 20.0. The Hall–Kier alpha value is -1.84. The van der Waals surface area contributed by atoms with Crippen molar-refractivity contribution < 1.29 is 29.4 Å². The summed E-state index contributed by atoms with van der Waals surface area (Å²) in [6, 6.07) is 3.22. The predicted octanol–water partition coefficient (Wildman–Crippen LogP) is 3.91. The summed E-state index contributed by atoms with van der Waals surface area (Å²) in [6.07, 6.45) is 5.61. The van der Waals surface area contributed by atoms with Gasteiger partial charge in [-0.3, -0.25) is 15.9 Å². The number of esters is 1. The van der Waals surface area contributed by atoms with Gasteiger partial charge in [0, 0.05) is 19.8 Å². The maximum absolute atomic E-state index is 11.5. The highest BCUT2D eigenvalue weighted by Gasteiger charge is 2.28. The highest BCUT2D eigenvalue weighted by molar-refractivity contribution is 9.13. The molecule has 3 N–H and O–H groups in total. The third-order valence-electron chi connectivity index (χ3n) is 3.27. The minimum Gasteiger partial charge on any atom is -0.475 e. The van der Waals surface area contributed by atoms with Gasteiger partial charge >= 0.3 is 5.97 Å². The largest absolute Gasteiger partial charge is 0.475 e. The van der Waals surface area contributed by atoms with Crippen LogP contribution in [0.2, 0.25) is 0 Å². The van der Waals surface area contributed by atoms with Crippen molar-refractivity contribution in [3.63, 3.8) is 0 Å². The van der Waals surface area contributed by atoms with Crippen molar-refractivity contribution in [3.05, 3.63) is 45.1 Å². The average molecular weight is 477 g/mol. The molecule has 1 aromatic rings. The van der Waals surface area contributed by atoms with Gasteiger partial charge in [-0.1, -0.05) is 12.2 Å². The minimum atomic E-state index is -0.495. The van der Waals surface area contributed by atoms with Crippen molar-refractivity contribution in [3.8, 4) is 0 Å². The van der Waals surface area contributed by atoms with E-state index in [0.29, 0.717) is 32.5 Å². The van der Waals surface area contributed by atoms with Gasteiger partial charge < -0.3 is 9.47 Å². The molecule has 0 aliphatic heterocycles. The first kappa shape index (κ1) is 19.5. The fourth-order valence-corrected chi connectivity index (χ4v) is 2.81. The maximum atomic E-state index is 11.5. The van der Waals surface area contributed by atoms with E-state index in [9.17, 15) is 15.2 Å². The molecule has 1 aliphatic rings. The SMILES string of the molecule is CCOC(=O)COC1=CC=CC/C1=[N+](/O)c1cc(Br)c(Br)cc1NO. The van der Waals surface area contributed by atoms with Crippen LogP contribution in [0.3, 0.4) is 0 Å². The quantitative estimate of drug-likeness (QED) is 0.249. The molecule has 0 saturated heterocycles. The molecular formula is C16H17Br2N2O5+. The van der Waals surface area contributed by atoms with Crippen LogP contribution in [0, 0.1) is 0 Å². The number of carbonyl (C=O) groups excluding carboxylic acids is 1. The molecule has 7 nitrogen and oxygen atoms in total. The summed E-state index contributed by atoms with van der Waals surface area (Å²) in [4.78, 5) is 11.5. The van der Waals surface area contributed by atoms with E-state index in [0.717, 1.165) is 4.74 Å². The van der Waals surface area contributed by atoms with Crippen molar-refractivity contribution in [2.24, 2.45) is 0 Å². The smallest absolute Gasteiger partial charge is 0.344 e. The number of nitrogens with zero attached hydrogens (tertiary/aromatic N) is 1. The second-order valence-corrected chi connectivity index (χ2v) is 6.62. The lowest BCUT2D eigenvalue weighted by Gasteiger charge is -2.12. The normalized spacial score (nSPS) is 15.4. The molecule has 1 aromatic carbocycles. The zero-order chi connectivity index (χ0) is 18.4. The van der Waals surface area contributed by atoms with E-state index in [1.807, 2.05) is 11.6 Å². The number of halogens is 2. The van der Waals surface area contributed by atoms with E-state index < -0.39 is 5.97 Å². The first-order valence-electron chi connectivity index (χ1n) is 7.37. The first-order valence-corrected chi connectivity index (χ1v) is 8.96. The highest BCUT2D eigenvalue weighted by atomic mass is 79.9. The second-order valence-electron chi connectivity index (χ2n) is 4.91. The van der Waals surface area contributed by atoms with Crippen molar-refractivity contribution >= 4 is 54.9 Å². The lowest BCUT2D eigenvalue weighted by Crippen LogP contribution is -2.22. The van der Waals surface area contributed by atoms with Gasteiger partial charge in [-0.2, -0.15) is 0 Å². The van der Waals surface area contributed by atoms with E-state index in [4.69, 9.17) is 9.47 Å². The number of anilines is 1. The Labute approximate surface area is 161 Å². The molecule has 0 bridgehead atoms. The zero-order valence-electron chi connectivity index (χ0n) is 13.3. The van der Waals surface area contributed by atoms with Gasteiger partial charge in [0.15, 0.2) is 12.4 Å². The van der Waals surface area contributed by atoms with Crippen molar-refractivity contribution in [2.45, 2.75) is 13.3 Å². The highest BCUT2D eigenvalue weighted by Crippen LogP contribution is 2.34. The molecular weight excluding hydrogens is 460 g/mol. The lowest BCUT2D eigenvalue weighted by atomic mass is 10.1. The summed E-state index contributed by atoms with van der Waals surface area (Å²) in [7, 11) is 0. The molecule has 0 unspecified atom stereocenters. The van der Waals surface area contributed by atoms with Crippen LogP contribution in [0.4, 0.5) is 11.4 Å². The summed E-state index contributed by atoms with van der Waals surface area (Å²) in [5.41, 5.74) is 3.04. The van der Waals surface area contributed by atoms with Crippen LogP contribution in [0.15, 0.2) is 45.1 Å². The Morgan fingerprint density at radius 3 is 2.76 bits per heavy atom. The molecule has 1 aliphatic carbocycles. The van der Waals surface area contributed by atoms with E-state index >= 15 is 0 Å². The third-order valence-corrected chi connectivity index (χ3v) is 5.12. The Bertz CT molecular complexity index is 759. The molecule has 134 valence electrons. The third kappa shape index (κ3) is 4.83. The topological polar surface area (TPSA) is 91.0 Å². The average Bonchev–Trinajstić information content (AvgIpc) is 2.61. The second kappa shape index (κ2) is 9.02. The molecule has 0 heterocycles. The van der Waals surface area contributed by atoms with Gasteiger partial charge in [0.25, 0.3) is 11.4 Å². The number of allylic oxidation sites excluding steroid dienone is 4. The molecule has 0 amide bonds. The van der Waals surface area contributed by atoms with Crippen molar-refractivity contribution in [1.82, 2.24) is 0 Å². The van der Waals surface area contributed by atoms with Gasteiger partial charge in [0.1, 0.15) is 5.69 Å². The molecule has 0 radical (unpaired) electrons. The van der Waals surface area contributed by atoms with Crippen LogP contribution in [0.1, 0.15) is 13.3 Å². The van der Waals surface area contributed by atoms with E-state index in [1.54, 1.807) is 31.2 Å². The molecule has 0 fully saturated rings. The zero-order valence-corrected chi connectivity index (χ0v) is 16.5. The van der Waals surface area contributed by atoms with Crippen LogP contribution in [-0.4, -0.2) is 40.0 Å². The van der Waals surface area contributed by atoms with E-state index in [-0.39, 0.29) is 18.9 Å². The number of hydrogen-bond acceptors (Lipinski definition) is 6. The lowest BCUT2D eigenvalue weighted by molar-refractivity contribution is -0.713. The number of nitrogens with one attached hydrogen (secondary N) is 1. The van der Waals surface area contributed by atoms with E-state index in [2.05, 4.69) is 31.9 Å². The predicted molar refractivity (Wildman–Crippen MR) is 98.4 cm³/mol. The van der Waals surface area contributed by atoms with E-state index in [1.165, 1.54) is 0 Å². The summed E-state index contributed by atoms with van der Waals surface area (Å²) in [6.45, 7) is 1.71. The van der Waals surface area contributed by atoms with Crippen molar-refractivity contribution in [1.29, 1.82) is 0 Å². The van der Waals surface area contributed by atoms with Gasteiger partial charge in [0.05, 0.1) is 13.0 Å². The number of ether oxygens (including phenoxy) is 2. The van der Waals surface area contributed by atoms with Crippen molar-refractivity contribution in [2.75, 3.05) is 18.7 Å². The van der Waals surface area contributed by atoms with Gasteiger partial charge in [-0.25, -0.2) is 4.79 Å². The van der Waals surface area contributed by atoms with Crippen LogP contribution in [0.5, 0.6) is 0 Å². The molecule has 0 aromatic heterocycles. The Morgan fingerprint density at radius 2 is 2.08 bits per heavy atom. The fraction of sp³-hybridized carbons (Fsp3) is 0.250. The molecule has 0 spiro atoms. The Balaban J connectivity index is 2.36. The monoisotopic (exact) mass is 475 g/mol. The summed E-state index contributed by atoms with van der Waals surface area (Å²) < 4.78 is 12.6. The van der Waals surface area contributed by atoms with Gasteiger partial charge in [-0.15, -0.1) is 0 Å². The Morgan fingerprint density at radius 1 is 1.36 bits per heavy atom.